The predicted molar refractivity (Wildman–Crippen MR) is 90.7 cm³/mol. The molecule has 2 aromatic heterocycles. The quantitative estimate of drug-likeness (QED) is 0.766. The first kappa shape index (κ1) is 15.9. The smallest absolute Gasteiger partial charge is 0.261 e. The Morgan fingerprint density at radius 1 is 1.29 bits per heavy atom. The van der Waals surface area contributed by atoms with Gasteiger partial charge in [0, 0.05) is 12.7 Å². The lowest BCUT2D eigenvalue weighted by Gasteiger charge is -2.15. The molecule has 0 saturated carbocycles. The van der Waals surface area contributed by atoms with E-state index in [9.17, 15) is 9.59 Å². The Morgan fingerprint density at radius 2 is 2.08 bits per heavy atom. The Hall–Kier alpha value is -2.96. The first-order valence-corrected chi connectivity index (χ1v) is 7.80. The average molecular weight is 325 g/mol. The molecule has 0 aliphatic carbocycles. The van der Waals surface area contributed by atoms with Crippen LogP contribution in [0.25, 0.3) is 10.9 Å². The van der Waals surface area contributed by atoms with E-state index < -0.39 is 6.04 Å². The van der Waals surface area contributed by atoms with Crippen molar-refractivity contribution >= 4 is 16.8 Å². The SMILES string of the molecule is Cc1ccn(CCNC(=O)[C@@H](C)n2cnc3ccccc3c2=O)n1. The van der Waals surface area contributed by atoms with Crippen LogP contribution in [-0.4, -0.2) is 31.8 Å². The lowest BCUT2D eigenvalue weighted by Crippen LogP contribution is -2.37. The molecule has 1 N–H and O–H groups in total. The van der Waals surface area contributed by atoms with E-state index in [0.717, 1.165) is 5.69 Å². The largest absolute Gasteiger partial charge is 0.352 e. The van der Waals surface area contributed by atoms with E-state index >= 15 is 0 Å². The van der Waals surface area contributed by atoms with Gasteiger partial charge >= 0.3 is 0 Å². The molecule has 3 aromatic rings. The lowest BCUT2D eigenvalue weighted by molar-refractivity contribution is -0.124. The molecule has 0 aliphatic rings. The molecule has 0 unspecified atom stereocenters. The second kappa shape index (κ2) is 6.66. The molecular weight excluding hydrogens is 306 g/mol. The zero-order valence-electron chi connectivity index (χ0n) is 13.6. The zero-order chi connectivity index (χ0) is 17.1. The third-order valence-electron chi connectivity index (χ3n) is 3.90. The number of amides is 1. The average Bonchev–Trinajstić information content (AvgIpc) is 3.00. The molecule has 2 heterocycles. The van der Waals surface area contributed by atoms with Crippen LogP contribution in [0, 0.1) is 6.92 Å². The molecule has 0 saturated heterocycles. The van der Waals surface area contributed by atoms with Gasteiger partial charge in [0.15, 0.2) is 0 Å². The van der Waals surface area contributed by atoms with Crippen LogP contribution in [-0.2, 0) is 11.3 Å². The highest BCUT2D eigenvalue weighted by Gasteiger charge is 2.17. The molecule has 3 rings (SSSR count). The number of fused-ring (bicyclic) bond motifs is 1. The minimum absolute atomic E-state index is 0.217. The summed E-state index contributed by atoms with van der Waals surface area (Å²) in [5, 5.41) is 7.59. The van der Waals surface area contributed by atoms with Crippen molar-refractivity contribution in [2.24, 2.45) is 0 Å². The number of para-hydroxylation sites is 1. The second-order valence-electron chi connectivity index (χ2n) is 5.66. The molecule has 0 spiro atoms. The van der Waals surface area contributed by atoms with Gasteiger partial charge in [0.2, 0.25) is 5.91 Å². The van der Waals surface area contributed by atoms with Crippen LogP contribution in [0.4, 0.5) is 0 Å². The fourth-order valence-corrected chi connectivity index (χ4v) is 2.51. The number of carbonyl (C=O) groups excluding carboxylic acids is 1. The van der Waals surface area contributed by atoms with Crippen LogP contribution in [0.2, 0.25) is 0 Å². The summed E-state index contributed by atoms with van der Waals surface area (Å²) in [4.78, 5) is 29.0. The normalized spacial score (nSPS) is 12.2. The van der Waals surface area contributed by atoms with Gasteiger partial charge < -0.3 is 5.32 Å². The summed E-state index contributed by atoms with van der Waals surface area (Å²) in [7, 11) is 0. The van der Waals surface area contributed by atoms with Gasteiger partial charge in [-0.15, -0.1) is 0 Å². The Bertz CT molecular complexity index is 928. The number of aromatic nitrogens is 4. The topological polar surface area (TPSA) is 81.8 Å². The number of nitrogens with zero attached hydrogens (tertiary/aromatic N) is 4. The van der Waals surface area contributed by atoms with Crippen LogP contribution in [0.3, 0.4) is 0 Å². The van der Waals surface area contributed by atoms with E-state index in [0.29, 0.717) is 24.0 Å². The molecule has 0 radical (unpaired) electrons. The molecule has 0 fully saturated rings. The number of hydrogen-bond donors (Lipinski definition) is 1. The number of rotatable bonds is 5. The summed E-state index contributed by atoms with van der Waals surface area (Å²) in [6.07, 6.45) is 3.29. The van der Waals surface area contributed by atoms with Gasteiger partial charge in [0.05, 0.1) is 29.5 Å². The fourth-order valence-electron chi connectivity index (χ4n) is 2.51. The summed E-state index contributed by atoms with van der Waals surface area (Å²) in [5.74, 6) is -0.224. The Kier molecular flexibility index (Phi) is 4.41. The zero-order valence-corrected chi connectivity index (χ0v) is 13.6. The van der Waals surface area contributed by atoms with Crippen LogP contribution < -0.4 is 10.9 Å². The monoisotopic (exact) mass is 325 g/mol. The van der Waals surface area contributed by atoms with E-state index in [1.165, 1.54) is 10.9 Å². The number of benzene rings is 1. The van der Waals surface area contributed by atoms with Gasteiger partial charge in [-0.05, 0) is 32.0 Å². The number of carbonyl (C=O) groups is 1. The van der Waals surface area contributed by atoms with Crippen LogP contribution >= 0.6 is 0 Å². The van der Waals surface area contributed by atoms with Crippen molar-refractivity contribution < 1.29 is 4.79 Å². The van der Waals surface area contributed by atoms with Crippen LogP contribution in [0.15, 0.2) is 47.7 Å². The minimum Gasteiger partial charge on any atom is -0.352 e. The molecule has 0 aliphatic heterocycles. The highest BCUT2D eigenvalue weighted by Crippen LogP contribution is 2.08. The summed E-state index contributed by atoms with van der Waals surface area (Å²) in [6.45, 7) is 4.62. The van der Waals surface area contributed by atoms with Crippen molar-refractivity contribution in [1.82, 2.24) is 24.6 Å². The van der Waals surface area contributed by atoms with E-state index in [1.54, 1.807) is 29.8 Å². The Morgan fingerprint density at radius 3 is 2.83 bits per heavy atom. The van der Waals surface area contributed by atoms with Crippen molar-refractivity contribution in [2.45, 2.75) is 26.4 Å². The van der Waals surface area contributed by atoms with Crippen LogP contribution in [0.1, 0.15) is 18.7 Å². The standard InChI is InChI=1S/C17H19N5O2/c1-12-7-9-21(20-12)10-8-18-16(23)13(2)22-11-19-15-6-4-3-5-14(15)17(22)24/h3-7,9,11,13H,8,10H2,1-2H3,(H,18,23)/t13-/m1/s1. The first-order valence-electron chi connectivity index (χ1n) is 7.80. The number of aryl methyl sites for hydroxylation is 1. The van der Waals surface area contributed by atoms with Crippen molar-refractivity contribution in [3.05, 3.63) is 58.9 Å². The molecule has 0 bridgehead atoms. The van der Waals surface area contributed by atoms with Crippen LogP contribution in [0.5, 0.6) is 0 Å². The van der Waals surface area contributed by atoms with Crippen molar-refractivity contribution in [2.75, 3.05) is 6.54 Å². The van der Waals surface area contributed by atoms with E-state index in [4.69, 9.17) is 0 Å². The number of hydrogen-bond acceptors (Lipinski definition) is 4. The first-order chi connectivity index (χ1) is 11.6. The Labute approximate surface area is 138 Å². The van der Waals surface area contributed by atoms with Gasteiger partial charge in [-0.1, -0.05) is 12.1 Å². The third kappa shape index (κ3) is 3.19. The summed E-state index contributed by atoms with van der Waals surface area (Å²) in [6, 6.07) is 8.38. The molecule has 1 amide bonds. The predicted octanol–water partition coefficient (Wildman–Crippen LogP) is 1.28. The maximum absolute atomic E-state index is 12.5. The van der Waals surface area contributed by atoms with Gasteiger partial charge in [-0.2, -0.15) is 5.10 Å². The van der Waals surface area contributed by atoms with Gasteiger partial charge in [-0.25, -0.2) is 4.98 Å². The molecule has 7 heteroatoms. The molecule has 24 heavy (non-hydrogen) atoms. The third-order valence-corrected chi connectivity index (χ3v) is 3.90. The van der Waals surface area contributed by atoms with Gasteiger partial charge in [0.25, 0.3) is 5.56 Å². The van der Waals surface area contributed by atoms with Crippen molar-refractivity contribution in [3.8, 4) is 0 Å². The van der Waals surface area contributed by atoms with Gasteiger partial charge in [-0.3, -0.25) is 18.8 Å². The summed E-state index contributed by atoms with van der Waals surface area (Å²) < 4.78 is 3.12. The van der Waals surface area contributed by atoms with E-state index in [1.807, 2.05) is 25.3 Å². The van der Waals surface area contributed by atoms with Gasteiger partial charge in [0.1, 0.15) is 6.04 Å². The molecule has 1 aromatic carbocycles. The number of nitrogens with one attached hydrogen (secondary N) is 1. The van der Waals surface area contributed by atoms with E-state index in [2.05, 4.69) is 15.4 Å². The fraction of sp³-hybridized carbons (Fsp3) is 0.294. The highest BCUT2D eigenvalue weighted by molar-refractivity contribution is 5.81. The second-order valence-corrected chi connectivity index (χ2v) is 5.66. The maximum Gasteiger partial charge on any atom is 0.261 e. The van der Waals surface area contributed by atoms with Crippen molar-refractivity contribution in [1.29, 1.82) is 0 Å². The molecular formula is C17H19N5O2. The molecule has 1 atom stereocenters. The maximum atomic E-state index is 12.5. The highest BCUT2D eigenvalue weighted by atomic mass is 16.2. The summed E-state index contributed by atoms with van der Waals surface area (Å²) in [5.41, 5.74) is 1.34. The lowest BCUT2D eigenvalue weighted by atomic mass is 10.2. The molecule has 124 valence electrons. The Balaban J connectivity index is 1.69. The van der Waals surface area contributed by atoms with E-state index in [-0.39, 0.29) is 11.5 Å². The molecule has 7 nitrogen and oxygen atoms in total. The summed E-state index contributed by atoms with van der Waals surface area (Å²) >= 11 is 0. The van der Waals surface area contributed by atoms with Crippen molar-refractivity contribution in [3.63, 3.8) is 0 Å². The minimum atomic E-state index is -0.631.